The van der Waals surface area contributed by atoms with Crippen molar-refractivity contribution in [1.82, 2.24) is 4.90 Å². The first-order valence-corrected chi connectivity index (χ1v) is 7.62. The minimum Gasteiger partial charge on any atom is -0.497 e. The number of amides is 1. The number of thiocarbonyl (C=S) groups is 1. The molecule has 0 bridgehead atoms. The SMILES string of the molecule is COc1ccc(OCCC(=O)N(C)CCC(N)=S)c(Br)c1. The highest BCUT2D eigenvalue weighted by molar-refractivity contribution is 9.10. The van der Waals surface area contributed by atoms with Gasteiger partial charge in [-0.1, -0.05) is 12.2 Å². The van der Waals surface area contributed by atoms with Crippen molar-refractivity contribution >= 4 is 39.0 Å². The maximum absolute atomic E-state index is 11.9. The van der Waals surface area contributed by atoms with E-state index in [4.69, 9.17) is 27.4 Å². The minimum absolute atomic E-state index is 0.00381. The Hall–Kier alpha value is -1.34. The summed E-state index contributed by atoms with van der Waals surface area (Å²) in [5.41, 5.74) is 5.41. The first kappa shape index (κ1) is 17.7. The number of nitrogens with two attached hydrogens (primary N) is 1. The van der Waals surface area contributed by atoms with Crippen molar-refractivity contribution in [3.8, 4) is 11.5 Å². The fourth-order valence-electron chi connectivity index (χ4n) is 1.57. The fraction of sp³-hybridized carbons (Fsp3) is 0.429. The van der Waals surface area contributed by atoms with E-state index in [-0.39, 0.29) is 5.91 Å². The van der Waals surface area contributed by atoms with Crippen molar-refractivity contribution in [2.45, 2.75) is 12.8 Å². The first-order valence-electron chi connectivity index (χ1n) is 6.42. The molecule has 0 saturated heterocycles. The van der Waals surface area contributed by atoms with Crippen molar-refractivity contribution in [2.75, 3.05) is 27.3 Å². The normalized spacial score (nSPS) is 10.0. The molecule has 21 heavy (non-hydrogen) atoms. The molecule has 0 unspecified atom stereocenters. The molecule has 1 aromatic carbocycles. The molecule has 0 radical (unpaired) electrons. The molecular weight excluding hydrogens is 356 g/mol. The number of halogens is 1. The van der Waals surface area contributed by atoms with Crippen LogP contribution in [0.4, 0.5) is 0 Å². The molecule has 0 saturated carbocycles. The molecule has 1 aromatic rings. The van der Waals surface area contributed by atoms with Crippen molar-refractivity contribution < 1.29 is 14.3 Å². The Balaban J connectivity index is 2.39. The number of hydrogen-bond acceptors (Lipinski definition) is 4. The molecule has 0 aliphatic rings. The molecule has 2 N–H and O–H groups in total. The van der Waals surface area contributed by atoms with E-state index >= 15 is 0 Å². The van der Waals surface area contributed by atoms with Crippen LogP contribution in [0.15, 0.2) is 22.7 Å². The molecule has 1 amide bonds. The molecule has 0 spiro atoms. The number of carbonyl (C=O) groups excluding carboxylic acids is 1. The van der Waals surface area contributed by atoms with E-state index < -0.39 is 0 Å². The van der Waals surface area contributed by atoms with Crippen LogP contribution in [0.1, 0.15) is 12.8 Å². The molecular formula is C14H19BrN2O3S. The monoisotopic (exact) mass is 374 g/mol. The topological polar surface area (TPSA) is 64.8 Å². The number of carbonyl (C=O) groups is 1. The Bertz CT molecular complexity index is 511. The number of nitrogens with zero attached hydrogens (tertiary/aromatic N) is 1. The van der Waals surface area contributed by atoms with E-state index in [1.165, 1.54) is 0 Å². The molecule has 1 rings (SSSR count). The molecule has 7 heteroatoms. The summed E-state index contributed by atoms with van der Waals surface area (Å²) >= 11 is 8.18. The van der Waals surface area contributed by atoms with Gasteiger partial charge < -0.3 is 20.1 Å². The van der Waals surface area contributed by atoms with Gasteiger partial charge in [0.05, 0.1) is 29.6 Å². The molecule has 5 nitrogen and oxygen atoms in total. The van der Waals surface area contributed by atoms with Crippen LogP contribution in [0.25, 0.3) is 0 Å². The standard InChI is InChI=1S/C14H19BrN2O3S/c1-17(7-5-13(16)21)14(18)6-8-20-12-4-3-10(19-2)9-11(12)15/h3-4,9H,5-8H2,1-2H3,(H2,16,21). The van der Waals surface area contributed by atoms with Crippen molar-refractivity contribution in [2.24, 2.45) is 5.73 Å². The number of methoxy groups -OCH3 is 1. The smallest absolute Gasteiger partial charge is 0.225 e. The van der Waals surface area contributed by atoms with Gasteiger partial charge in [-0.2, -0.15) is 0 Å². The summed E-state index contributed by atoms with van der Waals surface area (Å²) in [5, 5.41) is 0. The van der Waals surface area contributed by atoms with Crippen LogP contribution in [-0.2, 0) is 4.79 Å². The maximum atomic E-state index is 11.9. The molecule has 0 atom stereocenters. The van der Waals surface area contributed by atoms with Crippen LogP contribution in [0, 0.1) is 0 Å². The Morgan fingerprint density at radius 2 is 2.14 bits per heavy atom. The van der Waals surface area contributed by atoms with Crippen LogP contribution >= 0.6 is 28.1 Å². The molecule has 0 aliphatic carbocycles. The van der Waals surface area contributed by atoms with Crippen molar-refractivity contribution in [3.05, 3.63) is 22.7 Å². The highest BCUT2D eigenvalue weighted by Gasteiger charge is 2.10. The van der Waals surface area contributed by atoms with Gasteiger partial charge in [0.15, 0.2) is 0 Å². The predicted octanol–water partition coefficient (Wildman–Crippen LogP) is 2.36. The fourth-order valence-corrected chi connectivity index (χ4v) is 2.13. The first-order chi connectivity index (χ1) is 9.93. The number of ether oxygens (including phenoxy) is 2. The van der Waals surface area contributed by atoms with Gasteiger partial charge in [-0.25, -0.2) is 0 Å². The summed E-state index contributed by atoms with van der Waals surface area (Å²) in [5.74, 6) is 1.41. The third-order valence-corrected chi connectivity index (χ3v) is 3.66. The molecule has 0 heterocycles. The third kappa shape index (κ3) is 6.31. The minimum atomic E-state index is -0.00381. The number of benzene rings is 1. The number of rotatable bonds is 8. The zero-order valence-corrected chi connectivity index (χ0v) is 14.5. The van der Waals surface area contributed by atoms with Crippen LogP contribution in [-0.4, -0.2) is 43.1 Å². The van der Waals surface area contributed by atoms with Gasteiger partial charge in [0.2, 0.25) is 5.91 Å². The summed E-state index contributed by atoms with van der Waals surface area (Å²) < 4.78 is 11.5. The average Bonchev–Trinajstić information content (AvgIpc) is 2.45. The lowest BCUT2D eigenvalue weighted by Gasteiger charge is -2.17. The van der Waals surface area contributed by atoms with Crippen LogP contribution in [0.5, 0.6) is 11.5 Å². The summed E-state index contributed by atoms with van der Waals surface area (Å²) in [6, 6.07) is 5.41. The quantitative estimate of drug-likeness (QED) is 0.707. The number of hydrogen-bond donors (Lipinski definition) is 1. The molecule has 116 valence electrons. The van der Waals surface area contributed by atoms with Crippen LogP contribution in [0.3, 0.4) is 0 Å². The maximum Gasteiger partial charge on any atom is 0.225 e. The van der Waals surface area contributed by atoms with Gasteiger partial charge in [0, 0.05) is 20.0 Å². The Morgan fingerprint density at radius 3 is 2.71 bits per heavy atom. The van der Waals surface area contributed by atoms with Crippen LogP contribution < -0.4 is 15.2 Å². The van der Waals surface area contributed by atoms with E-state index in [9.17, 15) is 4.79 Å². The lowest BCUT2D eigenvalue weighted by molar-refractivity contribution is -0.130. The van der Waals surface area contributed by atoms with Gasteiger partial charge in [0.1, 0.15) is 11.5 Å². The van der Waals surface area contributed by atoms with E-state index in [0.717, 1.165) is 10.2 Å². The Morgan fingerprint density at radius 1 is 1.43 bits per heavy atom. The van der Waals surface area contributed by atoms with Gasteiger partial charge in [0.25, 0.3) is 0 Å². The van der Waals surface area contributed by atoms with Gasteiger partial charge in [-0.15, -0.1) is 0 Å². The summed E-state index contributed by atoms with van der Waals surface area (Å²) in [7, 11) is 3.33. The van der Waals surface area contributed by atoms with Crippen LogP contribution in [0.2, 0.25) is 0 Å². The molecule has 0 aromatic heterocycles. The summed E-state index contributed by atoms with van der Waals surface area (Å²) in [4.78, 5) is 13.9. The third-order valence-electron chi connectivity index (χ3n) is 2.83. The zero-order chi connectivity index (χ0) is 15.8. The largest absolute Gasteiger partial charge is 0.497 e. The van der Waals surface area contributed by atoms with Gasteiger partial charge in [-0.05, 0) is 34.1 Å². The van der Waals surface area contributed by atoms with Crippen molar-refractivity contribution in [1.29, 1.82) is 0 Å². The second-order valence-corrected chi connectivity index (χ2v) is 5.81. The predicted molar refractivity (Wildman–Crippen MR) is 89.8 cm³/mol. The van der Waals surface area contributed by atoms with Crippen molar-refractivity contribution in [3.63, 3.8) is 0 Å². The van der Waals surface area contributed by atoms with Gasteiger partial charge >= 0.3 is 0 Å². The van der Waals surface area contributed by atoms with Gasteiger partial charge in [-0.3, -0.25) is 4.79 Å². The zero-order valence-electron chi connectivity index (χ0n) is 12.1. The summed E-state index contributed by atoms with van der Waals surface area (Å²) in [6.45, 7) is 0.835. The molecule has 0 aliphatic heterocycles. The van der Waals surface area contributed by atoms with E-state index in [1.54, 1.807) is 31.2 Å². The lowest BCUT2D eigenvalue weighted by atomic mass is 10.3. The highest BCUT2D eigenvalue weighted by atomic mass is 79.9. The molecule has 0 fully saturated rings. The highest BCUT2D eigenvalue weighted by Crippen LogP contribution is 2.29. The second kappa shape index (κ2) is 8.84. The summed E-state index contributed by atoms with van der Waals surface area (Å²) in [6.07, 6.45) is 0.828. The Kier molecular flexibility index (Phi) is 7.45. The van der Waals surface area contributed by atoms with E-state index in [0.29, 0.717) is 36.7 Å². The van der Waals surface area contributed by atoms with E-state index in [1.807, 2.05) is 6.07 Å². The average molecular weight is 375 g/mol. The van der Waals surface area contributed by atoms with E-state index in [2.05, 4.69) is 15.9 Å². The lowest BCUT2D eigenvalue weighted by Crippen LogP contribution is -2.30. The second-order valence-electron chi connectivity index (χ2n) is 4.43. The Labute approximate surface area is 138 Å².